The summed E-state index contributed by atoms with van der Waals surface area (Å²) in [6.45, 7) is 1.79. The molecular weight excluding hydrogens is 154 g/mol. The Morgan fingerprint density at radius 1 is 1.29 bits per heavy atom. The van der Waals surface area contributed by atoms with E-state index in [4.69, 9.17) is 34.8 Å². The van der Waals surface area contributed by atoms with Crippen LogP contribution in [0.25, 0.3) is 0 Å². The first-order valence-corrected chi connectivity index (χ1v) is 2.90. The lowest BCUT2D eigenvalue weighted by atomic mass is 10.6. The number of halogens is 3. The predicted molar refractivity (Wildman–Crippen MR) is 35.1 cm³/mol. The highest BCUT2D eigenvalue weighted by atomic mass is 35.6. The summed E-state index contributed by atoms with van der Waals surface area (Å²) in [4.78, 5) is 0. The Hall–Kier alpha value is 0.610. The van der Waals surface area contributed by atoms with E-state index >= 15 is 0 Å². The first kappa shape index (κ1) is 7.61. The lowest BCUT2D eigenvalue weighted by molar-refractivity contribution is 1.44. The van der Waals surface area contributed by atoms with E-state index in [1.54, 1.807) is 13.0 Å². The molecule has 0 amide bonds. The predicted octanol–water partition coefficient (Wildman–Crippen LogP) is 2.93. The smallest absolute Gasteiger partial charge is 0.0875 e. The van der Waals surface area contributed by atoms with Crippen LogP contribution in [-0.4, -0.2) is 3.79 Å². The van der Waals surface area contributed by atoms with Crippen LogP contribution in [0.4, 0.5) is 0 Å². The Kier molecular flexibility index (Phi) is 3.05. The van der Waals surface area contributed by atoms with Crippen LogP contribution in [0.15, 0.2) is 12.2 Å². The highest BCUT2D eigenvalue weighted by molar-refractivity contribution is 6.68. The molecule has 7 heavy (non-hydrogen) atoms. The molecule has 0 rings (SSSR count). The number of allylic oxidation sites excluding steroid dienone is 2. The van der Waals surface area contributed by atoms with Crippen LogP contribution in [0.5, 0.6) is 0 Å². The number of hydrogen-bond acceptors (Lipinski definition) is 0. The molecule has 0 heterocycles. The average Bonchev–Trinajstić information content (AvgIpc) is 1.30. The summed E-state index contributed by atoms with van der Waals surface area (Å²) >= 11 is 15.8. The van der Waals surface area contributed by atoms with Gasteiger partial charge in [0.1, 0.15) is 0 Å². The van der Waals surface area contributed by atoms with Crippen molar-refractivity contribution in [3.8, 4) is 0 Å². The molecule has 0 nitrogen and oxygen atoms in total. The third-order valence-electron chi connectivity index (χ3n) is 0.356. The molecule has 0 spiro atoms. The van der Waals surface area contributed by atoms with E-state index in [0.29, 0.717) is 0 Å². The third-order valence-corrected chi connectivity index (χ3v) is 0.734. The molecule has 0 aromatic heterocycles. The Morgan fingerprint density at radius 2 is 1.71 bits per heavy atom. The standard InChI is InChI=1S/C4H5Cl3/c1-2-3-4(5,6)7/h2-3H,1H3/b3-2+. The fourth-order valence-electron chi connectivity index (χ4n) is 0.189. The Labute approximate surface area is 58.1 Å². The van der Waals surface area contributed by atoms with Crippen LogP contribution in [0.1, 0.15) is 6.92 Å². The Balaban J connectivity index is 3.56. The van der Waals surface area contributed by atoms with Gasteiger partial charge in [-0.1, -0.05) is 40.9 Å². The quantitative estimate of drug-likeness (QED) is 0.377. The van der Waals surface area contributed by atoms with Crippen molar-refractivity contribution < 1.29 is 0 Å². The lowest BCUT2D eigenvalue weighted by Gasteiger charge is -1.99. The lowest BCUT2D eigenvalue weighted by Crippen LogP contribution is -1.92. The molecular formula is C4H5Cl3. The molecule has 0 saturated carbocycles. The zero-order valence-corrected chi connectivity index (χ0v) is 6.06. The molecule has 0 saturated heterocycles. The second-order valence-corrected chi connectivity index (χ2v) is 3.41. The van der Waals surface area contributed by atoms with Gasteiger partial charge in [-0.2, -0.15) is 0 Å². The highest BCUT2D eigenvalue weighted by Gasteiger charge is 2.12. The van der Waals surface area contributed by atoms with Gasteiger partial charge in [-0.3, -0.25) is 0 Å². The van der Waals surface area contributed by atoms with Crippen LogP contribution in [0.3, 0.4) is 0 Å². The van der Waals surface area contributed by atoms with Crippen LogP contribution in [0, 0.1) is 0 Å². The van der Waals surface area contributed by atoms with Crippen molar-refractivity contribution in [2.24, 2.45) is 0 Å². The van der Waals surface area contributed by atoms with Crippen molar-refractivity contribution in [3.63, 3.8) is 0 Å². The molecule has 0 aromatic carbocycles. The normalized spacial score (nSPS) is 13.1. The number of rotatable bonds is 0. The van der Waals surface area contributed by atoms with E-state index < -0.39 is 3.79 Å². The second kappa shape index (κ2) is 2.81. The monoisotopic (exact) mass is 158 g/mol. The molecule has 42 valence electrons. The molecule has 0 bridgehead atoms. The van der Waals surface area contributed by atoms with E-state index in [-0.39, 0.29) is 0 Å². The van der Waals surface area contributed by atoms with Crippen LogP contribution >= 0.6 is 34.8 Å². The van der Waals surface area contributed by atoms with Gasteiger partial charge >= 0.3 is 0 Å². The number of hydrogen-bond donors (Lipinski definition) is 0. The summed E-state index contributed by atoms with van der Waals surface area (Å²) in [7, 11) is 0. The van der Waals surface area contributed by atoms with Crippen molar-refractivity contribution in [2.45, 2.75) is 10.7 Å². The van der Waals surface area contributed by atoms with Crippen LogP contribution in [0.2, 0.25) is 0 Å². The maximum absolute atomic E-state index is 5.28. The molecule has 0 aliphatic heterocycles. The van der Waals surface area contributed by atoms with E-state index in [1.807, 2.05) is 0 Å². The molecule has 0 aromatic rings. The Morgan fingerprint density at radius 3 is 1.71 bits per heavy atom. The summed E-state index contributed by atoms with van der Waals surface area (Å²) in [6.07, 6.45) is 3.17. The van der Waals surface area contributed by atoms with Gasteiger partial charge in [0.2, 0.25) is 3.79 Å². The second-order valence-electron chi connectivity index (χ2n) is 1.04. The first-order valence-electron chi connectivity index (χ1n) is 1.77. The molecule has 3 heteroatoms. The topological polar surface area (TPSA) is 0 Å². The molecule has 0 aliphatic rings. The van der Waals surface area contributed by atoms with Crippen molar-refractivity contribution in [1.29, 1.82) is 0 Å². The fourth-order valence-corrected chi connectivity index (χ4v) is 0.567. The number of alkyl halides is 3. The maximum atomic E-state index is 5.28. The van der Waals surface area contributed by atoms with E-state index in [2.05, 4.69) is 0 Å². The summed E-state index contributed by atoms with van der Waals surface area (Å²) in [5, 5.41) is 0. The largest absolute Gasteiger partial charge is 0.209 e. The Bertz CT molecular complexity index is 69.5. The van der Waals surface area contributed by atoms with Gasteiger partial charge in [-0.05, 0) is 13.0 Å². The van der Waals surface area contributed by atoms with Gasteiger partial charge in [0.25, 0.3) is 0 Å². The van der Waals surface area contributed by atoms with Crippen LogP contribution in [-0.2, 0) is 0 Å². The average molecular weight is 159 g/mol. The van der Waals surface area contributed by atoms with Gasteiger partial charge in [0, 0.05) is 0 Å². The minimum Gasteiger partial charge on any atom is -0.0875 e. The van der Waals surface area contributed by atoms with Crippen LogP contribution < -0.4 is 0 Å². The zero-order valence-electron chi connectivity index (χ0n) is 3.79. The summed E-state index contributed by atoms with van der Waals surface area (Å²) in [5.41, 5.74) is 0. The van der Waals surface area contributed by atoms with Gasteiger partial charge in [0.05, 0.1) is 0 Å². The zero-order chi connectivity index (χ0) is 5.91. The molecule has 0 N–H and O–H groups in total. The van der Waals surface area contributed by atoms with E-state index in [9.17, 15) is 0 Å². The van der Waals surface area contributed by atoms with Crippen molar-refractivity contribution in [1.82, 2.24) is 0 Å². The highest BCUT2D eigenvalue weighted by Crippen LogP contribution is 2.26. The van der Waals surface area contributed by atoms with Crippen molar-refractivity contribution >= 4 is 34.8 Å². The third kappa shape index (κ3) is 6.61. The summed E-state index contributed by atoms with van der Waals surface area (Å²) < 4.78 is -1.21. The fraction of sp³-hybridized carbons (Fsp3) is 0.500. The minimum atomic E-state index is -1.21. The minimum absolute atomic E-state index is 1.21. The van der Waals surface area contributed by atoms with Gasteiger partial charge in [0.15, 0.2) is 0 Å². The molecule has 0 radical (unpaired) electrons. The SMILES string of the molecule is C/C=C/C(Cl)(Cl)Cl. The maximum Gasteiger partial charge on any atom is 0.209 e. The summed E-state index contributed by atoms with van der Waals surface area (Å²) in [5.74, 6) is 0. The molecule has 0 unspecified atom stereocenters. The summed E-state index contributed by atoms with van der Waals surface area (Å²) in [6, 6.07) is 0. The van der Waals surface area contributed by atoms with Gasteiger partial charge in [-0.15, -0.1) is 0 Å². The van der Waals surface area contributed by atoms with Crippen molar-refractivity contribution in [3.05, 3.63) is 12.2 Å². The molecule has 0 aliphatic carbocycles. The van der Waals surface area contributed by atoms with E-state index in [1.165, 1.54) is 6.08 Å². The van der Waals surface area contributed by atoms with E-state index in [0.717, 1.165) is 0 Å². The van der Waals surface area contributed by atoms with Gasteiger partial charge < -0.3 is 0 Å². The van der Waals surface area contributed by atoms with Gasteiger partial charge in [-0.25, -0.2) is 0 Å². The molecule has 0 atom stereocenters. The molecule has 0 fully saturated rings. The van der Waals surface area contributed by atoms with Crippen molar-refractivity contribution in [2.75, 3.05) is 0 Å². The first-order chi connectivity index (χ1) is 3.06.